The lowest BCUT2D eigenvalue weighted by Gasteiger charge is -2.30. The molecule has 8 rings (SSSR count). The van der Waals surface area contributed by atoms with Crippen molar-refractivity contribution >= 4 is 24.0 Å². The lowest BCUT2D eigenvalue weighted by Crippen LogP contribution is -2.25. The Bertz CT molecular complexity index is 1850. The van der Waals surface area contributed by atoms with E-state index < -0.39 is 0 Å². The van der Waals surface area contributed by atoms with Crippen LogP contribution in [0.25, 0.3) is 44.2 Å². The molecular weight excluding hydrogens is 475 g/mol. The van der Waals surface area contributed by atoms with Crippen LogP contribution in [-0.4, -0.2) is 13.3 Å². The average molecular weight is 503 g/mol. The second kappa shape index (κ2) is 8.00. The molecule has 0 nitrogen and oxygen atoms in total. The highest BCUT2D eigenvalue weighted by Crippen LogP contribution is 2.63. The van der Waals surface area contributed by atoms with Crippen LogP contribution in [0.4, 0.5) is 0 Å². The summed E-state index contributed by atoms with van der Waals surface area (Å²) in [6.07, 6.45) is 0. The van der Waals surface area contributed by atoms with Crippen molar-refractivity contribution in [3.63, 3.8) is 0 Å². The van der Waals surface area contributed by atoms with Crippen LogP contribution in [0.2, 0.25) is 0 Å². The Balaban J connectivity index is 1.46. The minimum absolute atomic E-state index is 0.0928. The average Bonchev–Trinajstić information content (AvgIpc) is 3.42. The van der Waals surface area contributed by atoms with E-state index in [0.29, 0.717) is 0 Å². The summed E-state index contributed by atoms with van der Waals surface area (Å²) in [5.74, 6) is 0. The lowest BCUT2D eigenvalue weighted by atomic mass is 9.70. The molecule has 6 aromatic carbocycles. The first-order chi connectivity index (χ1) is 18.7. The summed E-state index contributed by atoms with van der Waals surface area (Å²) >= 11 is 0. The normalized spacial score (nSPS) is 14.0. The Kier molecular flexibility index (Phi) is 4.64. The molecule has 0 bridgehead atoms. The highest BCUT2D eigenvalue weighted by molar-refractivity contribution is 7.64. The van der Waals surface area contributed by atoms with Gasteiger partial charge in [0.05, 0.1) is 5.41 Å². The quantitative estimate of drug-likeness (QED) is 0.207. The van der Waals surface area contributed by atoms with Gasteiger partial charge in [-0.2, -0.15) is 0 Å². The molecule has 0 aliphatic heterocycles. The van der Waals surface area contributed by atoms with Crippen LogP contribution >= 0.6 is 7.92 Å². The summed E-state index contributed by atoms with van der Waals surface area (Å²) in [6, 6.07) is 48.1. The molecule has 0 aromatic heterocycles. The minimum Gasteiger partial charge on any atom is -0.0817 e. The van der Waals surface area contributed by atoms with Crippen molar-refractivity contribution < 1.29 is 0 Å². The topological polar surface area (TPSA) is 0 Å². The van der Waals surface area contributed by atoms with E-state index in [1.54, 1.807) is 0 Å². The Morgan fingerprint density at radius 3 is 1.61 bits per heavy atom. The predicted octanol–water partition coefficient (Wildman–Crippen LogP) is 9.22. The maximum absolute atomic E-state index is 2.46. The standard InChI is InChI=1S/C37H27P/c1-38(2)28-18-15-24(16-19-28)27-17-20-35-31(22-27)32-21-25-9-3-4-10-26(25)23-36(32)37(35)33-13-7-5-11-29(33)30-12-6-8-14-34(30)37/h3-23H,1-2H3. The van der Waals surface area contributed by atoms with Gasteiger partial charge in [-0.1, -0.05) is 117 Å². The smallest absolute Gasteiger partial charge is 0.0725 e. The number of benzene rings is 6. The van der Waals surface area contributed by atoms with Gasteiger partial charge in [-0.25, -0.2) is 0 Å². The van der Waals surface area contributed by atoms with Gasteiger partial charge in [0.1, 0.15) is 0 Å². The number of hydrogen-bond acceptors (Lipinski definition) is 0. The van der Waals surface area contributed by atoms with Crippen molar-refractivity contribution in [3.05, 3.63) is 150 Å². The van der Waals surface area contributed by atoms with E-state index in [-0.39, 0.29) is 13.3 Å². The van der Waals surface area contributed by atoms with Crippen molar-refractivity contribution in [2.75, 3.05) is 13.3 Å². The fourth-order valence-corrected chi connectivity index (χ4v) is 7.70. The van der Waals surface area contributed by atoms with Gasteiger partial charge in [0.15, 0.2) is 0 Å². The van der Waals surface area contributed by atoms with Crippen LogP contribution in [-0.2, 0) is 5.41 Å². The minimum atomic E-state index is -0.301. The molecule has 2 aliphatic carbocycles. The van der Waals surface area contributed by atoms with Gasteiger partial charge >= 0.3 is 0 Å². The van der Waals surface area contributed by atoms with Crippen molar-refractivity contribution in [1.82, 2.24) is 0 Å². The second-order valence-electron chi connectivity index (χ2n) is 10.8. The van der Waals surface area contributed by atoms with E-state index in [4.69, 9.17) is 0 Å². The summed E-state index contributed by atoms with van der Waals surface area (Å²) in [7, 11) is -0.0928. The Labute approximate surface area is 225 Å². The maximum atomic E-state index is 2.46. The zero-order valence-corrected chi connectivity index (χ0v) is 22.5. The first kappa shape index (κ1) is 22.0. The molecule has 0 atom stereocenters. The van der Waals surface area contributed by atoms with Gasteiger partial charge < -0.3 is 0 Å². The molecule has 6 aromatic rings. The van der Waals surface area contributed by atoms with Crippen LogP contribution < -0.4 is 5.30 Å². The fraction of sp³-hybridized carbons (Fsp3) is 0.0811. The molecule has 2 aliphatic rings. The van der Waals surface area contributed by atoms with Crippen molar-refractivity contribution in [1.29, 1.82) is 0 Å². The SMILES string of the molecule is CP(C)c1ccc(-c2ccc3c(c2)-c2cc4ccccc4cc2C32c3ccccc3-c3ccccc32)cc1. The molecule has 38 heavy (non-hydrogen) atoms. The molecular formula is C37H27P. The molecule has 0 heterocycles. The van der Waals surface area contributed by atoms with Gasteiger partial charge in [-0.15, -0.1) is 0 Å². The second-order valence-corrected chi connectivity index (χ2v) is 13.1. The van der Waals surface area contributed by atoms with Gasteiger partial charge in [0, 0.05) is 0 Å². The highest BCUT2D eigenvalue weighted by Gasteiger charge is 2.51. The molecule has 0 saturated carbocycles. The monoisotopic (exact) mass is 502 g/mol. The third-order valence-electron chi connectivity index (χ3n) is 8.67. The van der Waals surface area contributed by atoms with Crippen LogP contribution in [0.3, 0.4) is 0 Å². The van der Waals surface area contributed by atoms with Crippen LogP contribution in [0.5, 0.6) is 0 Å². The van der Waals surface area contributed by atoms with Crippen molar-refractivity contribution in [2.24, 2.45) is 0 Å². The van der Waals surface area contributed by atoms with Crippen molar-refractivity contribution in [2.45, 2.75) is 5.41 Å². The highest BCUT2D eigenvalue weighted by atomic mass is 31.1. The fourth-order valence-electron chi connectivity index (χ4n) is 6.96. The van der Waals surface area contributed by atoms with Crippen LogP contribution in [0.15, 0.2) is 127 Å². The zero-order valence-electron chi connectivity index (χ0n) is 21.6. The Hall–Kier alpha value is -3.99. The van der Waals surface area contributed by atoms with Crippen LogP contribution in [0.1, 0.15) is 22.3 Å². The summed E-state index contributed by atoms with van der Waals surface area (Å²) in [5.41, 5.74) is 13.3. The maximum Gasteiger partial charge on any atom is 0.0725 e. The summed E-state index contributed by atoms with van der Waals surface area (Å²) < 4.78 is 0. The summed E-state index contributed by atoms with van der Waals surface area (Å²) in [6.45, 7) is 4.63. The van der Waals surface area contributed by atoms with E-state index in [1.165, 1.54) is 71.7 Å². The van der Waals surface area contributed by atoms with E-state index >= 15 is 0 Å². The molecule has 1 spiro atoms. The summed E-state index contributed by atoms with van der Waals surface area (Å²) in [5, 5.41) is 4.04. The molecule has 0 saturated heterocycles. The molecule has 0 N–H and O–H groups in total. The first-order valence-corrected chi connectivity index (χ1v) is 15.6. The van der Waals surface area contributed by atoms with E-state index in [1.807, 2.05) is 0 Å². The largest absolute Gasteiger partial charge is 0.0817 e. The molecule has 0 radical (unpaired) electrons. The number of fused-ring (bicyclic) bond motifs is 11. The van der Waals surface area contributed by atoms with Gasteiger partial charge in [0.2, 0.25) is 0 Å². The third-order valence-corrected chi connectivity index (χ3v) is 10.0. The number of rotatable bonds is 2. The van der Waals surface area contributed by atoms with E-state index in [9.17, 15) is 0 Å². The zero-order chi connectivity index (χ0) is 25.4. The van der Waals surface area contributed by atoms with Gasteiger partial charge in [-0.3, -0.25) is 0 Å². The predicted molar refractivity (Wildman–Crippen MR) is 164 cm³/mol. The van der Waals surface area contributed by atoms with Crippen LogP contribution in [0, 0.1) is 0 Å². The van der Waals surface area contributed by atoms with Crippen molar-refractivity contribution in [3.8, 4) is 33.4 Å². The van der Waals surface area contributed by atoms with Gasteiger partial charge in [-0.05, 0) is 103 Å². The summed E-state index contributed by atoms with van der Waals surface area (Å²) in [4.78, 5) is 0. The third kappa shape index (κ3) is 2.85. The molecule has 0 amide bonds. The lowest BCUT2D eigenvalue weighted by molar-refractivity contribution is 0.795. The number of hydrogen-bond donors (Lipinski definition) is 0. The Morgan fingerprint density at radius 1 is 0.421 bits per heavy atom. The molecule has 0 fully saturated rings. The van der Waals surface area contributed by atoms with E-state index in [0.717, 1.165) is 0 Å². The first-order valence-electron chi connectivity index (χ1n) is 13.3. The molecule has 180 valence electrons. The Morgan fingerprint density at radius 2 is 0.947 bits per heavy atom. The molecule has 1 heteroatoms. The van der Waals surface area contributed by atoms with Gasteiger partial charge in [0.25, 0.3) is 0 Å². The van der Waals surface area contributed by atoms with E-state index in [2.05, 4.69) is 141 Å². The molecule has 0 unspecified atom stereocenters.